The molecule has 0 radical (unpaired) electrons. The van der Waals surface area contributed by atoms with Gasteiger partial charge in [0.1, 0.15) is 5.75 Å². The van der Waals surface area contributed by atoms with Gasteiger partial charge in [-0.2, -0.15) is 0 Å². The lowest BCUT2D eigenvalue weighted by atomic mass is 10.1. The zero-order valence-electron chi connectivity index (χ0n) is 15.8. The zero-order valence-corrected chi connectivity index (χ0v) is 16.6. The molecule has 0 aromatic heterocycles. The molecule has 3 rings (SSSR count). The fourth-order valence-corrected chi connectivity index (χ4v) is 3.55. The molecule has 1 amide bonds. The van der Waals surface area contributed by atoms with Gasteiger partial charge in [-0.3, -0.25) is 9.59 Å². The van der Waals surface area contributed by atoms with Crippen LogP contribution in [-0.2, 0) is 0 Å². The summed E-state index contributed by atoms with van der Waals surface area (Å²) >= 11 is 1.42. The summed E-state index contributed by atoms with van der Waals surface area (Å²) in [5, 5.41) is 2.90. The fraction of sp³-hybridized carbons (Fsp3) is 0.130. The maximum Gasteiger partial charge on any atom is 0.255 e. The van der Waals surface area contributed by atoms with E-state index in [1.165, 1.54) is 11.8 Å². The van der Waals surface area contributed by atoms with Crippen LogP contribution in [0.5, 0.6) is 5.75 Å². The molecule has 3 aromatic carbocycles. The minimum absolute atomic E-state index is 0.0601. The molecule has 0 saturated heterocycles. The lowest BCUT2D eigenvalue weighted by Gasteiger charge is -2.11. The number of anilines is 1. The lowest BCUT2D eigenvalue weighted by Crippen LogP contribution is -2.13. The van der Waals surface area contributed by atoms with Crippen LogP contribution in [0.15, 0.2) is 77.7 Å². The van der Waals surface area contributed by atoms with E-state index in [4.69, 9.17) is 4.74 Å². The van der Waals surface area contributed by atoms with Gasteiger partial charge in [0.15, 0.2) is 5.78 Å². The first-order valence-electron chi connectivity index (χ1n) is 8.84. The normalized spacial score (nSPS) is 10.4. The third-order valence-electron chi connectivity index (χ3n) is 4.17. The van der Waals surface area contributed by atoms with Gasteiger partial charge in [-0.15, -0.1) is 11.8 Å². The van der Waals surface area contributed by atoms with Gasteiger partial charge in [-0.25, -0.2) is 0 Å². The first kappa shape index (κ1) is 19.7. The SMILES string of the molecule is COc1ccc(C)cc1NC(=O)c1cccc(SCC(=O)c2ccccc2)c1. The summed E-state index contributed by atoms with van der Waals surface area (Å²) in [6, 6.07) is 22.1. The number of benzene rings is 3. The van der Waals surface area contributed by atoms with E-state index < -0.39 is 0 Å². The van der Waals surface area contributed by atoms with Crippen molar-refractivity contribution >= 4 is 29.1 Å². The number of ketones is 1. The molecule has 0 fully saturated rings. The van der Waals surface area contributed by atoms with Crippen molar-refractivity contribution in [3.63, 3.8) is 0 Å². The van der Waals surface area contributed by atoms with Gasteiger partial charge >= 0.3 is 0 Å². The van der Waals surface area contributed by atoms with Gasteiger partial charge in [-0.1, -0.05) is 42.5 Å². The minimum Gasteiger partial charge on any atom is -0.495 e. The van der Waals surface area contributed by atoms with E-state index in [2.05, 4.69) is 5.32 Å². The summed E-state index contributed by atoms with van der Waals surface area (Å²) in [6.07, 6.45) is 0. The van der Waals surface area contributed by atoms with Crippen molar-refractivity contribution in [2.45, 2.75) is 11.8 Å². The standard InChI is InChI=1S/C23H21NO3S/c1-16-11-12-22(27-2)20(13-16)24-23(26)18-9-6-10-19(14-18)28-15-21(25)17-7-4-3-5-8-17/h3-14H,15H2,1-2H3,(H,24,26). The van der Waals surface area contributed by atoms with Crippen molar-refractivity contribution in [3.05, 3.63) is 89.5 Å². The van der Waals surface area contributed by atoms with Crippen LogP contribution in [-0.4, -0.2) is 24.6 Å². The Hall–Kier alpha value is -3.05. The Morgan fingerprint density at radius 2 is 1.68 bits per heavy atom. The molecular weight excluding hydrogens is 370 g/mol. The number of methoxy groups -OCH3 is 1. The Bertz CT molecular complexity index is 986. The van der Waals surface area contributed by atoms with Gasteiger partial charge in [0.05, 0.1) is 18.6 Å². The number of Topliss-reactive ketones (excluding diaryl/α,β-unsaturated/α-hetero) is 1. The van der Waals surface area contributed by atoms with E-state index in [-0.39, 0.29) is 11.7 Å². The molecular formula is C23H21NO3S. The van der Waals surface area contributed by atoms with Crippen molar-refractivity contribution < 1.29 is 14.3 Å². The van der Waals surface area contributed by atoms with Crippen LogP contribution in [0.4, 0.5) is 5.69 Å². The highest BCUT2D eigenvalue weighted by atomic mass is 32.2. The monoisotopic (exact) mass is 391 g/mol. The number of nitrogens with one attached hydrogen (secondary N) is 1. The number of amides is 1. The van der Waals surface area contributed by atoms with Gasteiger partial charge in [0.25, 0.3) is 5.91 Å². The lowest BCUT2D eigenvalue weighted by molar-refractivity contribution is 0.101. The molecule has 0 unspecified atom stereocenters. The number of carbonyl (C=O) groups is 2. The third kappa shape index (κ3) is 5.02. The molecule has 0 aliphatic carbocycles. The molecule has 0 saturated carbocycles. The number of ether oxygens (including phenoxy) is 1. The highest BCUT2D eigenvalue weighted by Gasteiger charge is 2.12. The highest BCUT2D eigenvalue weighted by Crippen LogP contribution is 2.26. The zero-order chi connectivity index (χ0) is 19.9. The quantitative estimate of drug-likeness (QED) is 0.442. The second kappa shape index (κ2) is 9.24. The molecule has 5 heteroatoms. The Balaban J connectivity index is 1.68. The molecule has 0 aliphatic rings. The van der Waals surface area contributed by atoms with Crippen molar-refractivity contribution in [2.75, 3.05) is 18.2 Å². The molecule has 4 nitrogen and oxygen atoms in total. The van der Waals surface area contributed by atoms with E-state index in [9.17, 15) is 9.59 Å². The molecule has 0 bridgehead atoms. The molecule has 0 spiro atoms. The van der Waals surface area contributed by atoms with Gasteiger partial charge in [-0.05, 0) is 42.8 Å². The Morgan fingerprint density at radius 1 is 0.929 bits per heavy atom. The molecule has 3 aromatic rings. The van der Waals surface area contributed by atoms with E-state index in [1.807, 2.05) is 67.6 Å². The average molecular weight is 391 g/mol. The van der Waals surface area contributed by atoms with Crippen LogP contribution in [0.1, 0.15) is 26.3 Å². The minimum atomic E-state index is -0.222. The second-order valence-electron chi connectivity index (χ2n) is 6.26. The first-order valence-corrected chi connectivity index (χ1v) is 9.82. The number of hydrogen-bond acceptors (Lipinski definition) is 4. The van der Waals surface area contributed by atoms with E-state index in [0.29, 0.717) is 28.3 Å². The molecule has 1 N–H and O–H groups in total. The highest BCUT2D eigenvalue weighted by molar-refractivity contribution is 8.00. The molecule has 0 heterocycles. The topological polar surface area (TPSA) is 55.4 Å². The van der Waals surface area contributed by atoms with Crippen LogP contribution >= 0.6 is 11.8 Å². The Morgan fingerprint density at radius 3 is 2.43 bits per heavy atom. The fourth-order valence-electron chi connectivity index (χ4n) is 2.70. The number of carbonyl (C=O) groups excluding carboxylic acids is 2. The van der Waals surface area contributed by atoms with Crippen LogP contribution in [0.2, 0.25) is 0 Å². The van der Waals surface area contributed by atoms with E-state index >= 15 is 0 Å². The van der Waals surface area contributed by atoms with Crippen molar-refractivity contribution in [2.24, 2.45) is 0 Å². The molecule has 0 aliphatic heterocycles. The van der Waals surface area contributed by atoms with Gasteiger partial charge in [0.2, 0.25) is 0 Å². The third-order valence-corrected chi connectivity index (χ3v) is 5.16. The predicted molar refractivity (Wildman–Crippen MR) is 114 cm³/mol. The van der Waals surface area contributed by atoms with Crippen LogP contribution in [0, 0.1) is 6.92 Å². The summed E-state index contributed by atoms with van der Waals surface area (Å²) in [5.74, 6) is 0.768. The molecule has 142 valence electrons. The summed E-state index contributed by atoms with van der Waals surface area (Å²) in [6.45, 7) is 1.95. The Kier molecular flexibility index (Phi) is 6.50. The van der Waals surface area contributed by atoms with E-state index in [0.717, 1.165) is 10.5 Å². The number of hydrogen-bond donors (Lipinski definition) is 1. The smallest absolute Gasteiger partial charge is 0.255 e. The summed E-state index contributed by atoms with van der Waals surface area (Å²) in [4.78, 5) is 25.8. The summed E-state index contributed by atoms with van der Waals surface area (Å²) in [7, 11) is 1.57. The van der Waals surface area contributed by atoms with Gasteiger partial charge < -0.3 is 10.1 Å². The van der Waals surface area contributed by atoms with Crippen molar-refractivity contribution in [1.29, 1.82) is 0 Å². The van der Waals surface area contributed by atoms with Crippen LogP contribution in [0.25, 0.3) is 0 Å². The number of thioether (sulfide) groups is 1. The van der Waals surface area contributed by atoms with Crippen LogP contribution in [0.3, 0.4) is 0 Å². The molecule has 0 atom stereocenters. The summed E-state index contributed by atoms with van der Waals surface area (Å²) < 4.78 is 5.31. The number of aryl methyl sites for hydroxylation is 1. The predicted octanol–water partition coefficient (Wildman–Crippen LogP) is 5.23. The average Bonchev–Trinajstić information content (AvgIpc) is 2.73. The first-order chi connectivity index (χ1) is 13.6. The number of rotatable bonds is 7. The molecule has 28 heavy (non-hydrogen) atoms. The summed E-state index contributed by atoms with van der Waals surface area (Å²) in [5.41, 5.74) is 2.88. The maximum absolute atomic E-state index is 12.7. The van der Waals surface area contributed by atoms with E-state index in [1.54, 1.807) is 19.2 Å². The second-order valence-corrected chi connectivity index (χ2v) is 7.31. The van der Waals surface area contributed by atoms with Crippen molar-refractivity contribution in [1.82, 2.24) is 0 Å². The largest absolute Gasteiger partial charge is 0.495 e. The van der Waals surface area contributed by atoms with Gasteiger partial charge in [0, 0.05) is 16.0 Å². The Labute approximate surface area is 168 Å². The van der Waals surface area contributed by atoms with Crippen LogP contribution < -0.4 is 10.1 Å². The maximum atomic E-state index is 12.7. The van der Waals surface area contributed by atoms with Crippen molar-refractivity contribution in [3.8, 4) is 5.75 Å².